The van der Waals surface area contributed by atoms with Crippen LogP contribution in [0, 0.1) is 6.92 Å². The number of amides is 1. The van der Waals surface area contributed by atoms with Crippen molar-refractivity contribution in [3.8, 4) is 17.2 Å². The SMILES string of the molecule is COc1cc(C=C2SC(=Nc3cccc(C)c3)NC2=O)cc2c1OCCO2. The first-order valence-electron chi connectivity index (χ1n) is 8.46. The molecule has 0 saturated carbocycles. The molecule has 0 unspecified atom stereocenters. The highest BCUT2D eigenvalue weighted by atomic mass is 32.2. The zero-order chi connectivity index (χ0) is 18.8. The molecule has 0 aromatic heterocycles. The van der Waals surface area contributed by atoms with E-state index in [0.29, 0.717) is 40.5 Å². The summed E-state index contributed by atoms with van der Waals surface area (Å²) in [4.78, 5) is 17.4. The summed E-state index contributed by atoms with van der Waals surface area (Å²) in [5.41, 5.74) is 2.72. The highest BCUT2D eigenvalue weighted by Gasteiger charge is 2.25. The van der Waals surface area contributed by atoms with Gasteiger partial charge in [0.05, 0.1) is 17.7 Å². The van der Waals surface area contributed by atoms with Crippen LogP contribution in [0.15, 0.2) is 46.3 Å². The molecule has 27 heavy (non-hydrogen) atoms. The van der Waals surface area contributed by atoms with E-state index in [1.807, 2.05) is 43.3 Å². The normalized spacial score (nSPS) is 18.7. The van der Waals surface area contributed by atoms with Crippen LogP contribution in [0.5, 0.6) is 17.2 Å². The number of nitrogens with zero attached hydrogens (tertiary/aromatic N) is 1. The number of benzene rings is 2. The number of rotatable bonds is 3. The first kappa shape index (κ1) is 17.5. The van der Waals surface area contributed by atoms with E-state index < -0.39 is 0 Å². The molecular formula is C20H18N2O4S. The molecule has 2 aromatic carbocycles. The van der Waals surface area contributed by atoms with Crippen molar-refractivity contribution in [2.75, 3.05) is 20.3 Å². The summed E-state index contributed by atoms with van der Waals surface area (Å²) in [6, 6.07) is 11.5. The molecule has 7 heteroatoms. The second-order valence-corrected chi connectivity index (χ2v) is 7.10. The third kappa shape index (κ3) is 3.78. The fraction of sp³-hybridized carbons (Fsp3) is 0.200. The molecule has 2 heterocycles. The first-order valence-corrected chi connectivity index (χ1v) is 9.28. The maximum Gasteiger partial charge on any atom is 0.264 e. The lowest BCUT2D eigenvalue weighted by molar-refractivity contribution is -0.115. The largest absolute Gasteiger partial charge is 0.493 e. The number of carbonyl (C=O) groups is 1. The third-order valence-corrected chi connectivity index (χ3v) is 4.94. The Kier molecular flexibility index (Phi) is 4.77. The average molecular weight is 382 g/mol. The lowest BCUT2D eigenvalue weighted by Crippen LogP contribution is -2.19. The van der Waals surface area contributed by atoms with Crippen molar-refractivity contribution in [1.29, 1.82) is 0 Å². The summed E-state index contributed by atoms with van der Waals surface area (Å²) >= 11 is 1.30. The Morgan fingerprint density at radius 1 is 1.22 bits per heavy atom. The van der Waals surface area contributed by atoms with Crippen LogP contribution in [-0.2, 0) is 4.79 Å². The predicted octanol–water partition coefficient (Wildman–Crippen LogP) is 3.67. The Morgan fingerprint density at radius 2 is 2.07 bits per heavy atom. The van der Waals surface area contributed by atoms with Crippen LogP contribution in [-0.4, -0.2) is 31.4 Å². The van der Waals surface area contributed by atoms with E-state index in [1.165, 1.54) is 11.8 Å². The lowest BCUT2D eigenvalue weighted by Gasteiger charge is -2.21. The van der Waals surface area contributed by atoms with Crippen molar-refractivity contribution in [3.63, 3.8) is 0 Å². The summed E-state index contributed by atoms with van der Waals surface area (Å²) in [6.45, 7) is 2.98. The van der Waals surface area contributed by atoms with Crippen molar-refractivity contribution < 1.29 is 19.0 Å². The Hall–Kier alpha value is -2.93. The molecule has 138 valence electrons. The highest BCUT2D eigenvalue weighted by molar-refractivity contribution is 8.18. The fourth-order valence-electron chi connectivity index (χ4n) is 2.82. The van der Waals surface area contributed by atoms with Gasteiger partial charge in [-0.1, -0.05) is 12.1 Å². The van der Waals surface area contributed by atoms with E-state index in [4.69, 9.17) is 14.2 Å². The average Bonchev–Trinajstić information content (AvgIpc) is 2.99. The number of aliphatic imine (C=N–C) groups is 1. The maximum absolute atomic E-state index is 12.3. The van der Waals surface area contributed by atoms with E-state index in [2.05, 4.69) is 10.3 Å². The van der Waals surface area contributed by atoms with E-state index in [1.54, 1.807) is 13.2 Å². The minimum Gasteiger partial charge on any atom is -0.493 e. The van der Waals surface area contributed by atoms with Crippen molar-refractivity contribution in [3.05, 3.63) is 52.4 Å². The first-order chi connectivity index (χ1) is 13.1. The van der Waals surface area contributed by atoms with Crippen LogP contribution in [0.3, 0.4) is 0 Å². The molecule has 4 rings (SSSR count). The molecule has 0 atom stereocenters. The number of carbonyl (C=O) groups excluding carboxylic acids is 1. The predicted molar refractivity (Wildman–Crippen MR) is 106 cm³/mol. The lowest BCUT2D eigenvalue weighted by atomic mass is 10.1. The summed E-state index contributed by atoms with van der Waals surface area (Å²) < 4.78 is 16.6. The number of ether oxygens (including phenoxy) is 3. The Morgan fingerprint density at radius 3 is 2.89 bits per heavy atom. The van der Waals surface area contributed by atoms with Crippen LogP contribution < -0.4 is 19.5 Å². The minimum absolute atomic E-state index is 0.180. The quantitative estimate of drug-likeness (QED) is 0.821. The van der Waals surface area contributed by atoms with Crippen molar-refractivity contribution >= 4 is 34.6 Å². The van der Waals surface area contributed by atoms with Gasteiger partial charge in [-0.15, -0.1) is 0 Å². The molecule has 0 spiro atoms. The van der Waals surface area contributed by atoms with Crippen molar-refractivity contribution in [2.24, 2.45) is 4.99 Å². The standard InChI is InChI=1S/C20H18N2O4S/c1-12-4-3-5-14(8-12)21-20-22-19(23)17(27-20)11-13-9-15(24-2)18-16(10-13)25-6-7-26-18/h3-5,8-11H,6-7H2,1-2H3,(H,21,22,23). The Bertz CT molecular complexity index is 951. The monoisotopic (exact) mass is 382 g/mol. The van der Waals surface area contributed by atoms with Crippen LogP contribution in [0.1, 0.15) is 11.1 Å². The number of hydrogen-bond donors (Lipinski definition) is 1. The van der Waals surface area contributed by atoms with Crippen molar-refractivity contribution in [2.45, 2.75) is 6.92 Å². The molecule has 2 aromatic rings. The number of amidine groups is 1. The van der Waals surface area contributed by atoms with E-state index in [-0.39, 0.29) is 5.91 Å². The minimum atomic E-state index is -0.180. The molecule has 2 aliphatic rings. The van der Waals surface area contributed by atoms with Crippen LogP contribution in [0.25, 0.3) is 6.08 Å². The van der Waals surface area contributed by atoms with Crippen LogP contribution in [0.2, 0.25) is 0 Å². The Labute approximate surface area is 161 Å². The number of thioether (sulfide) groups is 1. The number of fused-ring (bicyclic) bond motifs is 1. The summed E-state index contributed by atoms with van der Waals surface area (Å²) in [6.07, 6.45) is 1.79. The van der Waals surface area contributed by atoms with Gasteiger partial charge in [-0.3, -0.25) is 4.79 Å². The number of hydrogen-bond acceptors (Lipinski definition) is 6. The molecule has 0 radical (unpaired) electrons. The molecule has 1 saturated heterocycles. The molecule has 6 nitrogen and oxygen atoms in total. The highest BCUT2D eigenvalue weighted by Crippen LogP contribution is 2.41. The zero-order valence-corrected chi connectivity index (χ0v) is 15.8. The molecule has 0 aliphatic carbocycles. The second kappa shape index (κ2) is 7.36. The van der Waals surface area contributed by atoms with E-state index >= 15 is 0 Å². The zero-order valence-electron chi connectivity index (χ0n) is 14.9. The summed E-state index contributed by atoms with van der Waals surface area (Å²) in [7, 11) is 1.58. The number of methoxy groups -OCH3 is 1. The molecule has 0 bridgehead atoms. The van der Waals surface area contributed by atoms with Gasteiger partial charge in [0.15, 0.2) is 16.7 Å². The van der Waals surface area contributed by atoms with Gasteiger partial charge in [-0.2, -0.15) is 0 Å². The van der Waals surface area contributed by atoms with Gasteiger partial charge in [-0.05, 0) is 60.2 Å². The van der Waals surface area contributed by atoms with Gasteiger partial charge >= 0.3 is 0 Å². The van der Waals surface area contributed by atoms with E-state index in [9.17, 15) is 4.79 Å². The van der Waals surface area contributed by atoms with E-state index in [0.717, 1.165) is 16.8 Å². The molecule has 2 aliphatic heterocycles. The molecule has 1 N–H and O–H groups in total. The van der Waals surface area contributed by atoms with Crippen molar-refractivity contribution in [1.82, 2.24) is 5.32 Å². The fourth-order valence-corrected chi connectivity index (χ4v) is 3.67. The van der Waals surface area contributed by atoms with Gasteiger partial charge in [0.2, 0.25) is 5.75 Å². The smallest absolute Gasteiger partial charge is 0.264 e. The summed E-state index contributed by atoms with van der Waals surface area (Å²) in [5.74, 6) is 1.61. The summed E-state index contributed by atoms with van der Waals surface area (Å²) in [5, 5.41) is 3.36. The Balaban J connectivity index is 1.62. The van der Waals surface area contributed by atoms with Gasteiger partial charge in [0.1, 0.15) is 13.2 Å². The second-order valence-electron chi connectivity index (χ2n) is 6.07. The van der Waals surface area contributed by atoms with Crippen LogP contribution in [0.4, 0.5) is 5.69 Å². The van der Waals surface area contributed by atoms with Crippen LogP contribution >= 0.6 is 11.8 Å². The van der Waals surface area contributed by atoms with Gasteiger partial charge in [0, 0.05) is 0 Å². The third-order valence-electron chi connectivity index (χ3n) is 4.03. The molecule has 1 amide bonds. The number of nitrogens with one attached hydrogen (secondary N) is 1. The topological polar surface area (TPSA) is 69.2 Å². The maximum atomic E-state index is 12.3. The van der Waals surface area contributed by atoms with Gasteiger partial charge in [0.25, 0.3) is 5.91 Å². The molecular weight excluding hydrogens is 364 g/mol. The number of aryl methyl sites for hydroxylation is 1. The van der Waals surface area contributed by atoms with Gasteiger partial charge < -0.3 is 19.5 Å². The van der Waals surface area contributed by atoms with Gasteiger partial charge in [-0.25, -0.2) is 4.99 Å². The molecule has 1 fully saturated rings.